The summed E-state index contributed by atoms with van der Waals surface area (Å²) in [4.78, 5) is 1.76. The lowest BCUT2D eigenvalue weighted by Gasteiger charge is -2.12. The van der Waals surface area contributed by atoms with Crippen molar-refractivity contribution < 1.29 is 5.11 Å². The van der Waals surface area contributed by atoms with Crippen LogP contribution in [-0.4, -0.2) is 17.1 Å². The van der Waals surface area contributed by atoms with Crippen LogP contribution < -0.4 is 0 Å². The largest absolute Gasteiger partial charge is 0.511 e. The lowest BCUT2D eigenvalue weighted by atomic mass is 10.5. The van der Waals surface area contributed by atoms with Crippen molar-refractivity contribution >= 4 is 0 Å². The monoisotopic (exact) mass is 127 g/mol. The molecule has 0 aromatic heterocycles. The van der Waals surface area contributed by atoms with Crippen LogP contribution in [0.15, 0.2) is 24.2 Å². The van der Waals surface area contributed by atoms with Crippen LogP contribution in [0.4, 0.5) is 0 Å². The third-order valence-electron chi connectivity index (χ3n) is 0.983. The lowest BCUT2D eigenvalue weighted by Crippen LogP contribution is -2.06. The fourth-order valence-electron chi connectivity index (χ4n) is 0.390. The number of allylic oxidation sites excluding steroid dienone is 2. The molecule has 0 aliphatic carbocycles. The first-order valence-electron chi connectivity index (χ1n) is 2.79. The van der Waals surface area contributed by atoms with Crippen molar-refractivity contribution in [3.63, 3.8) is 0 Å². The molecule has 1 N–H and O–H groups in total. The van der Waals surface area contributed by atoms with Gasteiger partial charge in [0.15, 0.2) is 0 Å². The van der Waals surface area contributed by atoms with Gasteiger partial charge in [-0.05, 0) is 13.8 Å². The van der Waals surface area contributed by atoms with Gasteiger partial charge in [0.2, 0.25) is 0 Å². The van der Waals surface area contributed by atoms with Crippen molar-refractivity contribution in [2.75, 3.05) is 7.05 Å². The van der Waals surface area contributed by atoms with Crippen LogP contribution in [0.25, 0.3) is 0 Å². The van der Waals surface area contributed by atoms with E-state index in [-0.39, 0.29) is 0 Å². The number of aliphatic hydroxyl groups excluding tert-OH is 1. The molecule has 0 amide bonds. The summed E-state index contributed by atoms with van der Waals surface area (Å²) in [5, 5.41) is 8.75. The average Bonchev–Trinajstić information content (AvgIpc) is 1.63. The van der Waals surface area contributed by atoms with E-state index in [1.54, 1.807) is 18.0 Å². The van der Waals surface area contributed by atoms with Gasteiger partial charge in [-0.25, -0.2) is 0 Å². The van der Waals surface area contributed by atoms with Crippen LogP contribution in [0.2, 0.25) is 0 Å². The first-order valence-corrected chi connectivity index (χ1v) is 2.79. The van der Waals surface area contributed by atoms with E-state index in [0.717, 1.165) is 5.70 Å². The summed E-state index contributed by atoms with van der Waals surface area (Å²) in [6.45, 7) is 7.18. The third kappa shape index (κ3) is 3.64. The molecule has 0 fully saturated rings. The van der Waals surface area contributed by atoms with Crippen molar-refractivity contribution in [3.8, 4) is 0 Å². The Labute approximate surface area is 56.1 Å². The highest BCUT2D eigenvalue weighted by atomic mass is 16.3. The molecule has 0 saturated heterocycles. The third-order valence-corrected chi connectivity index (χ3v) is 0.983. The summed E-state index contributed by atoms with van der Waals surface area (Å²) in [5.41, 5.74) is 0.906. The highest BCUT2D eigenvalue weighted by Crippen LogP contribution is 1.98. The molecule has 0 radical (unpaired) electrons. The van der Waals surface area contributed by atoms with Gasteiger partial charge < -0.3 is 10.0 Å². The summed E-state index contributed by atoms with van der Waals surface area (Å²) in [6, 6.07) is 0. The van der Waals surface area contributed by atoms with Crippen LogP contribution in [-0.2, 0) is 0 Å². The maximum Gasteiger partial charge on any atom is 0.105 e. The Morgan fingerprint density at radius 3 is 2.11 bits per heavy atom. The molecule has 0 aliphatic rings. The minimum atomic E-state index is 0.292. The minimum Gasteiger partial charge on any atom is -0.511 e. The number of rotatable bonds is 2. The summed E-state index contributed by atoms with van der Waals surface area (Å²) in [5.74, 6) is 0.292. The zero-order valence-electron chi connectivity index (χ0n) is 6.18. The topological polar surface area (TPSA) is 23.5 Å². The Balaban J connectivity index is 3.91. The van der Waals surface area contributed by atoms with E-state index >= 15 is 0 Å². The smallest absolute Gasteiger partial charge is 0.105 e. The van der Waals surface area contributed by atoms with Gasteiger partial charge in [-0.3, -0.25) is 0 Å². The van der Waals surface area contributed by atoms with Gasteiger partial charge in [-0.1, -0.05) is 6.58 Å². The molecule has 2 nitrogen and oxygen atoms in total. The molecule has 0 aliphatic heterocycles. The highest BCUT2D eigenvalue weighted by Gasteiger charge is 1.89. The molecule has 0 rings (SSSR count). The molecule has 0 saturated carbocycles. The maximum absolute atomic E-state index is 8.75. The first-order chi connectivity index (χ1) is 4.04. The zero-order chi connectivity index (χ0) is 7.44. The first kappa shape index (κ1) is 8.08. The summed E-state index contributed by atoms with van der Waals surface area (Å²) in [7, 11) is 1.84. The van der Waals surface area contributed by atoms with Crippen LogP contribution in [0.1, 0.15) is 13.8 Å². The molecular weight excluding hydrogens is 114 g/mol. The summed E-state index contributed by atoms with van der Waals surface area (Å²) in [6.07, 6.45) is 1.61. The van der Waals surface area contributed by atoms with Crippen LogP contribution in [0.5, 0.6) is 0 Å². The number of hydrogen-bond donors (Lipinski definition) is 1. The van der Waals surface area contributed by atoms with E-state index in [1.165, 1.54) is 0 Å². The number of aliphatic hydroxyl groups is 1. The van der Waals surface area contributed by atoms with Gasteiger partial charge in [0.05, 0.1) is 0 Å². The molecule has 0 aromatic rings. The second-order valence-corrected chi connectivity index (χ2v) is 2.12. The van der Waals surface area contributed by atoms with Crippen molar-refractivity contribution in [1.29, 1.82) is 0 Å². The van der Waals surface area contributed by atoms with Crippen molar-refractivity contribution in [1.82, 2.24) is 4.90 Å². The van der Waals surface area contributed by atoms with Crippen molar-refractivity contribution in [3.05, 3.63) is 24.2 Å². The van der Waals surface area contributed by atoms with Gasteiger partial charge in [0.1, 0.15) is 5.76 Å². The number of nitrogens with zero attached hydrogens (tertiary/aromatic N) is 1. The van der Waals surface area contributed by atoms with E-state index in [4.69, 9.17) is 5.11 Å². The predicted octanol–water partition coefficient (Wildman–Crippen LogP) is 1.87. The van der Waals surface area contributed by atoms with E-state index in [1.807, 2.05) is 14.0 Å². The van der Waals surface area contributed by atoms with E-state index in [0.29, 0.717) is 5.76 Å². The molecule has 0 bridgehead atoms. The molecular formula is C7H13NO. The van der Waals surface area contributed by atoms with Gasteiger partial charge in [0, 0.05) is 18.9 Å². The SMILES string of the molecule is C=C(C)N(C)/C=C(/C)O. The van der Waals surface area contributed by atoms with Gasteiger partial charge in [-0.15, -0.1) is 0 Å². The van der Waals surface area contributed by atoms with Gasteiger partial charge >= 0.3 is 0 Å². The quantitative estimate of drug-likeness (QED) is 0.572. The molecule has 0 unspecified atom stereocenters. The van der Waals surface area contributed by atoms with Gasteiger partial charge in [0.25, 0.3) is 0 Å². The Bertz CT molecular complexity index is 134. The van der Waals surface area contributed by atoms with Crippen LogP contribution >= 0.6 is 0 Å². The number of hydrogen-bond acceptors (Lipinski definition) is 2. The fourth-order valence-corrected chi connectivity index (χ4v) is 0.390. The molecule has 0 aromatic carbocycles. The molecule has 0 spiro atoms. The average molecular weight is 127 g/mol. The maximum atomic E-state index is 8.75. The summed E-state index contributed by atoms with van der Waals surface area (Å²) < 4.78 is 0. The molecule has 0 atom stereocenters. The lowest BCUT2D eigenvalue weighted by molar-refractivity contribution is 0.393. The van der Waals surface area contributed by atoms with E-state index in [9.17, 15) is 0 Å². The minimum absolute atomic E-state index is 0.292. The Kier molecular flexibility index (Phi) is 2.85. The standard InChI is InChI=1S/C7H13NO/c1-6(2)8(4)5-7(3)9/h5,9H,1H2,2-4H3/b7-5-. The van der Waals surface area contributed by atoms with Crippen molar-refractivity contribution in [2.24, 2.45) is 0 Å². The molecule has 0 heterocycles. The van der Waals surface area contributed by atoms with E-state index < -0.39 is 0 Å². The fraction of sp³-hybridized carbons (Fsp3) is 0.429. The Hall–Kier alpha value is -0.920. The Morgan fingerprint density at radius 2 is 2.00 bits per heavy atom. The van der Waals surface area contributed by atoms with Crippen molar-refractivity contribution in [2.45, 2.75) is 13.8 Å². The molecule has 2 heteroatoms. The van der Waals surface area contributed by atoms with E-state index in [2.05, 4.69) is 6.58 Å². The zero-order valence-corrected chi connectivity index (χ0v) is 6.18. The Morgan fingerprint density at radius 1 is 1.56 bits per heavy atom. The second kappa shape index (κ2) is 3.17. The van der Waals surface area contributed by atoms with Gasteiger partial charge in [-0.2, -0.15) is 0 Å². The molecule has 9 heavy (non-hydrogen) atoms. The highest BCUT2D eigenvalue weighted by molar-refractivity contribution is 4.96. The van der Waals surface area contributed by atoms with Crippen LogP contribution in [0, 0.1) is 0 Å². The normalized spacial score (nSPS) is 11.2. The predicted molar refractivity (Wildman–Crippen MR) is 39.0 cm³/mol. The van der Waals surface area contributed by atoms with Crippen LogP contribution in [0.3, 0.4) is 0 Å². The second-order valence-electron chi connectivity index (χ2n) is 2.12. The molecule has 52 valence electrons. The summed E-state index contributed by atoms with van der Waals surface area (Å²) >= 11 is 0.